The van der Waals surface area contributed by atoms with Crippen molar-refractivity contribution in [3.8, 4) is 17.5 Å². The second-order valence-corrected chi connectivity index (χ2v) is 5.49. The highest BCUT2D eigenvalue weighted by molar-refractivity contribution is 5.55. The number of nitrogens with one attached hydrogen (secondary N) is 1. The van der Waals surface area contributed by atoms with E-state index in [0.29, 0.717) is 6.54 Å². The van der Waals surface area contributed by atoms with Gasteiger partial charge in [-0.3, -0.25) is 5.32 Å². The third-order valence-corrected chi connectivity index (χ3v) is 3.09. The fraction of sp³-hybridized carbons (Fsp3) is 0.375. The quantitative estimate of drug-likeness (QED) is 0.907. The first kappa shape index (κ1) is 14.3. The maximum Gasteiger partial charge on any atom is 0.139 e. The summed E-state index contributed by atoms with van der Waals surface area (Å²) in [5, 5.41) is 12.8. The van der Waals surface area contributed by atoms with E-state index in [9.17, 15) is 5.26 Å². The fourth-order valence-electron chi connectivity index (χ4n) is 2.38. The Labute approximate surface area is 120 Å². The summed E-state index contributed by atoms with van der Waals surface area (Å²) in [6.07, 6.45) is 3.69. The Kier molecular flexibility index (Phi) is 4.21. The molecule has 1 atom stereocenters. The molecule has 0 saturated heterocycles. The second kappa shape index (κ2) is 5.89. The summed E-state index contributed by atoms with van der Waals surface area (Å²) in [5.74, 6) is 0.887. The van der Waals surface area contributed by atoms with Crippen molar-refractivity contribution in [2.24, 2.45) is 0 Å². The third kappa shape index (κ3) is 3.25. The average Bonchev–Trinajstić information content (AvgIpc) is 2.86. The van der Waals surface area contributed by atoms with E-state index in [1.165, 1.54) is 0 Å². The molecule has 0 aliphatic rings. The minimum atomic E-state index is -0.613. The van der Waals surface area contributed by atoms with Crippen LogP contribution in [0.2, 0.25) is 0 Å². The smallest absolute Gasteiger partial charge is 0.139 e. The number of nitriles is 1. The van der Waals surface area contributed by atoms with Crippen molar-refractivity contribution in [3.63, 3.8) is 0 Å². The van der Waals surface area contributed by atoms with Gasteiger partial charge in [-0.1, -0.05) is 30.3 Å². The molecule has 1 N–H and O–H groups in total. The zero-order valence-electron chi connectivity index (χ0n) is 12.2. The van der Waals surface area contributed by atoms with Crippen molar-refractivity contribution in [1.29, 1.82) is 5.26 Å². The molecular formula is C16H20N4. The Hall–Kier alpha value is -2.12. The van der Waals surface area contributed by atoms with Gasteiger partial charge in [0.25, 0.3) is 0 Å². The summed E-state index contributed by atoms with van der Waals surface area (Å²) in [4.78, 5) is 4.41. The maximum absolute atomic E-state index is 9.45. The number of hydrogen-bond donors (Lipinski definition) is 1. The summed E-state index contributed by atoms with van der Waals surface area (Å²) in [7, 11) is 0. The normalized spacial score (nSPS) is 13.9. The molecule has 0 saturated carbocycles. The van der Waals surface area contributed by atoms with E-state index in [1.807, 2.05) is 61.9 Å². The van der Waals surface area contributed by atoms with E-state index in [0.717, 1.165) is 11.4 Å². The zero-order chi connectivity index (χ0) is 14.6. The molecule has 0 radical (unpaired) electrons. The number of nitrogens with zero attached hydrogens (tertiary/aromatic N) is 3. The molecule has 0 fully saturated rings. The Morgan fingerprint density at radius 3 is 2.65 bits per heavy atom. The summed E-state index contributed by atoms with van der Waals surface area (Å²) in [5.41, 5.74) is 0.445. The van der Waals surface area contributed by atoms with Crippen LogP contribution in [0.15, 0.2) is 42.7 Å². The van der Waals surface area contributed by atoms with Gasteiger partial charge in [-0.2, -0.15) is 5.26 Å². The summed E-state index contributed by atoms with van der Waals surface area (Å²) >= 11 is 0. The molecule has 4 heteroatoms. The standard InChI is InChI=1S/C16H20N4/c1-13(2)19-16(3,11-17)12-20-10-9-18-15(20)14-7-5-4-6-8-14/h4-10,13,19H,12H2,1-3H3. The largest absolute Gasteiger partial charge is 0.328 e. The number of hydrogen-bond acceptors (Lipinski definition) is 3. The Morgan fingerprint density at radius 1 is 1.35 bits per heavy atom. The Morgan fingerprint density at radius 2 is 2.05 bits per heavy atom. The fourth-order valence-corrected chi connectivity index (χ4v) is 2.38. The van der Waals surface area contributed by atoms with E-state index in [4.69, 9.17) is 0 Å². The van der Waals surface area contributed by atoms with Crippen LogP contribution in [0.5, 0.6) is 0 Å². The van der Waals surface area contributed by atoms with Crippen LogP contribution in [0, 0.1) is 11.3 Å². The van der Waals surface area contributed by atoms with Crippen LogP contribution in [0.3, 0.4) is 0 Å². The molecule has 1 heterocycles. The van der Waals surface area contributed by atoms with Crippen LogP contribution in [0.4, 0.5) is 0 Å². The van der Waals surface area contributed by atoms with Crippen molar-refractivity contribution < 1.29 is 0 Å². The SMILES string of the molecule is CC(C)NC(C)(C#N)Cn1ccnc1-c1ccccc1. The van der Waals surface area contributed by atoms with Crippen LogP contribution in [-0.2, 0) is 6.54 Å². The van der Waals surface area contributed by atoms with Crippen LogP contribution in [0.25, 0.3) is 11.4 Å². The Bertz CT molecular complexity index is 594. The van der Waals surface area contributed by atoms with Gasteiger partial charge in [-0.25, -0.2) is 4.98 Å². The van der Waals surface area contributed by atoms with Gasteiger partial charge in [-0.05, 0) is 20.8 Å². The summed E-state index contributed by atoms with van der Waals surface area (Å²) in [6, 6.07) is 12.6. The lowest BCUT2D eigenvalue weighted by atomic mass is 10.0. The molecule has 1 aromatic carbocycles. The molecular weight excluding hydrogens is 248 g/mol. The lowest BCUT2D eigenvalue weighted by Gasteiger charge is -2.27. The van der Waals surface area contributed by atoms with Crippen molar-refractivity contribution in [3.05, 3.63) is 42.7 Å². The van der Waals surface area contributed by atoms with E-state index >= 15 is 0 Å². The molecule has 1 aromatic heterocycles. The molecule has 0 aliphatic heterocycles. The van der Waals surface area contributed by atoms with E-state index < -0.39 is 5.54 Å². The van der Waals surface area contributed by atoms with Gasteiger partial charge in [0.1, 0.15) is 11.4 Å². The molecule has 20 heavy (non-hydrogen) atoms. The predicted octanol–water partition coefficient (Wildman–Crippen LogP) is 2.83. The van der Waals surface area contributed by atoms with Crippen LogP contribution >= 0.6 is 0 Å². The van der Waals surface area contributed by atoms with E-state index in [-0.39, 0.29) is 6.04 Å². The molecule has 0 spiro atoms. The van der Waals surface area contributed by atoms with Gasteiger partial charge in [0.2, 0.25) is 0 Å². The number of benzene rings is 1. The van der Waals surface area contributed by atoms with Crippen molar-refractivity contribution >= 4 is 0 Å². The first-order valence-electron chi connectivity index (χ1n) is 6.79. The lowest BCUT2D eigenvalue weighted by molar-refractivity contribution is 0.359. The minimum Gasteiger partial charge on any atom is -0.328 e. The van der Waals surface area contributed by atoms with Crippen molar-refractivity contribution in [2.45, 2.75) is 38.9 Å². The molecule has 0 aliphatic carbocycles. The van der Waals surface area contributed by atoms with Crippen LogP contribution < -0.4 is 5.32 Å². The second-order valence-electron chi connectivity index (χ2n) is 5.49. The number of imidazole rings is 1. The molecule has 2 rings (SSSR count). The topological polar surface area (TPSA) is 53.6 Å². The molecule has 1 unspecified atom stereocenters. The van der Waals surface area contributed by atoms with Gasteiger partial charge in [-0.15, -0.1) is 0 Å². The highest BCUT2D eigenvalue weighted by atomic mass is 15.1. The monoisotopic (exact) mass is 268 g/mol. The highest BCUT2D eigenvalue weighted by Gasteiger charge is 2.26. The predicted molar refractivity (Wildman–Crippen MR) is 80.0 cm³/mol. The summed E-state index contributed by atoms with van der Waals surface area (Å²) in [6.45, 7) is 6.57. The third-order valence-electron chi connectivity index (χ3n) is 3.09. The molecule has 0 bridgehead atoms. The average molecular weight is 268 g/mol. The maximum atomic E-state index is 9.45. The first-order valence-corrected chi connectivity index (χ1v) is 6.79. The molecule has 2 aromatic rings. The van der Waals surface area contributed by atoms with Crippen molar-refractivity contribution in [1.82, 2.24) is 14.9 Å². The van der Waals surface area contributed by atoms with Gasteiger partial charge in [0.05, 0.1) is 12.6 Å². The zero-order valence-corrected chi connectivity index (χ0v) is 12.2. The highest BCUT2D eigenvalue weighted by Crippen LogP contribution is 2.19. The van der Waals surface area contributed by atoms with Gasteiger partial charge in [0, 0.05) is 24.0 Å². The van der Waals surface area contributed by atoms with Crippen LogP contribution in [-0.4, -0.2) is 21.1 Å². The van der Waals surface area contributed by atoms with Crippen LogP contribution in [0.1, 0.15) is 20.8 Å². The minimum absolute atomic E-state index is 0.253. The van der Waals surface area contributed by atoms with E-state index in [2.05, 4.69) is 16.4 Å². The molecule has 0 amide bonds. The van der Waals surface area contributed by atoms with Gasteiger partial charge < -0.3 is 4.57 Å². The number of rotatable bonds is 5. The van der Waals surface area contributed by atoms with Crippen molar-refractivity contribution in [2.75, 3.05) is 0 Å². The van der Waals surface area contributed by atoms with Gasteiger partial charge in [0.15, 0.2) is 0 Å². The molecule has 104 valence electrons. The summed E-state index contributed by atoms with van der Waals surface area (Å²) < 4.78 is 2.02. The number of aromatic nitrogens is 2. The van der Waals surface area contributed by atoms with Gasteiger partial charge >= 0.3 is 0 Å². The first-order chi connectivity index (χ1) is 9.54. The van der Waals surface area contributed by atoms with E-state index in [1.54, 1.807) is 6.20 Å². The molecule has 4 nitrogen and oxygen atoms in total. The lowest BCUT2D eigenvalue weighted by Crippen LogP contribution is -2.48. The Balaban J connectivity index is 2.27.